The second-order valence-corrected chi connectivity index (χ2v) is 12.3. The fraction of sp³-hybridized carbons (Fsp3) is 0.286. The maximum absolute atomic E-state index is 8.49. The first-order valence-corrected chi connectivity index (χ1v) is 17.4. The number of rotatable bonds is 0. The van der Waals surface area contributed by atoms with Gasteiger partial charge in [-0.2, -0.15) is 20.2 Å². The second-order valence-electron chi connectivity index (χ2n) is 10.8. The van der Waals surface area contributed by atoms with Crippen molar-refractivity contribution in [1.82, 2.24) is 69.3 Å². The Hall–Kier alpha value is -5.27. The van der Waals surface area contributed by atoms with Crippen LogP contribution < -0.4 is 56.5 Å². The summed E-state index contributed by atoms with van der Waals surface area (Å²) in [6.07, 6.45) is 6.03. The molecular weight excluding hydrogens is 914 g/mol. The van der Waals surface area contributed by atoms with Crippen molar-refractivity contribution in [2.75, 3.05) is 0 Å². The van der Waals surface area contributed by atoms with E-state index in [1.165, 1.54) is 25.3 Å². The van der Waals surface area contributed by atoms with E-state index in [1.807, 2.05) is 79.7 Å². The molecule has 0 aliphatic heterocycles. The monoisotopic (exact) mass is 961 g/mol. The van der Waals surface area contributed by atoms with Crippen LogP contribution in [0.25, 0.3) is 23.1 Å². The van der Waals surface area contributed by atoms with Crippen LogP contribution in [0.15, 0.2) is 49.6 Å². The van der Waals surface area contributed by atoms with Crippen molar-refractivity contribution in [3.05, 3.63) is 95.1 Å². The van der Waals surface area contributed by atoms with Crippen LogP contribution in [-0.2, 0) is 38.7 Å². The van der Waals surface area contributed by atoms with Crippen LogP contribution in [0.3, 0.4) is 0 Å². The Balaban J connectivity index is -0.000000206. The molecule has 0 spiro atoms. The van der Waals surface area contributed by atoms with E-state index in [0.717, 1.165) is 45.6 Å². The van der Waals surface area contributed by atoms with Gasteiger partial charge in [-0.15, -0.1) is 30.5 Å². The molecular formula is C28H48Cl2CoN16O14+4. The first kappa shape index (κ1) is 64.9. The van der Waals surface area contributed by atoms with Gasteiger partial charge in [0.25, 0.3) is 23.1 Å². The van der Waals surface area contributed by atoms with Crippen LogP contribution in [-0.4, -0.2) is 70.1 Å². The summed E-state index contributed by atoms with van der Waals surface area (Å²) < 4.78 is 74.8. The van der Waals surface area contributed by atoms with Gasteiger partial charge in [-0.05, 0) is 67.5 Å². The molecule has 0 bridgehead atoms. The zero-order valence-corrected chi connectivity index (χ0v) is 36.0. The van der Waals surface area contributed by atoms with Gasteiger partial charge in [0, 0.05) is 34.9 Å². The summed E-state index contributed by atoms with van der Waals surface area (Å²) in [4.78, 5) is 32.7. The summed E-state index contributed by atoms with van der Waals surface area (Å²) in [6.45, 7) is 15.7. The van der Waals surface area contributed by atoms with Gasteiger partial charge >= 0.3 is 16.8 Å². The van der Waals surface area contributed by atoms with E-state index in [0.29, 0.717) is 23.1 Å². The van der Waals surface area contributed by atoms with Crippen LogP contribution in [0.2, 0.25) is 0 Å². The van der Waals surface area contributed by atoms with Gasteiger partial charge in [-0.25, -0.2) is 65.3 Å². The molecule has 0 aliphatic carbocycles. The van der Waals surface area contributed by atoms with E-state index in [-0.39, 0.29) is 49.6 Å². The quantitative estimate of drug-likeness (QED) is 0.101. The van der Waals surface area contributed by atoms with Gasteiger partial charge in [0.05, 0.1) is 11.4 Å². The number of aryl methyl sites for hydroxylation is 8. The molecule has 1 radical (unpaired) electrons. The van der Waals surface area contributed by atoms with Crippen molar-refractivity contribution in [3.8, 4) is 0 Å². The molecule has 0 fully saturated rings. The van der Waals surface area contributed by atoms with Crippen LogP contribution in [0.5, 0.6) is 0 Å². The summed E-state index contributed by atoms with van der Waals surface area (Å²) >= 11 is 0. The number of hydrogen-bond donors (Lipinski definition) is 0. The molecule has 0 atom stereocenters. The molecule has 8 rings (SSSR count). The summed E-state index contributed by atoms with van der Waals surface area (Å²) in [7, 11) is -9.89. The molecule has 8 heterocycles. The minimum atomic E-state index is -4.94. The second kappa shape index (κ2) is 28.3. The average Bonchev–Trinajstić information content (AvgIpc) is 3.83. The third-order valence-corrected chi connectivity index (χ3v) is 6.23. The van der Waals surface area contributed by atoms with Crippen LogP contribution in [0.4, 0.5) is 0 Å². The maximum Gasteiger partial charge on any atom is 2.00 e. The largest absolute Gasteiger partial charge is 2.00 e. The van der Waals surface area contributed by atoms with E-state index >= 15 is 0 Å². The van der Waals surface area contributed by atoms with Gasteiger partial charge in [-0.3, -0.25) is 0 Å². The van der Waals surface area contributed by atoms with Crippen molar-refractivity contribution in [3.63, 3.8) is 0 Å². The molecule has 61 heavy (non-hydrogen) atoms. The SMILES string of the molecule is Cc1cc(C)[n+]2[n-]cnc2n1.Cc1cc(C)[n+]2[n-]cnc2n1.Cc1cc(C)n2ncnc2n1.Cc1cc(C)n2ncnc2n1.O.O.[Co+2].[O-][Cl+3]([O-])([O-])[O-].[O-][Cl+3]([O-])([O-])[O-].[OH3+].[OH3+].[OH3+].[OH3+]. The molecule has 0 unspecified atom stereocenters. The van der Waals surface area contributed by atoms with E-state index in [9.17, 15) is 0 Å². The minimum absolute atomic E-state index is 0. The molecule has 16 N–H and O–H groups in total. The van der Waals surface area contributed by atoms with Crippen molar-refractivity contribution in [1.29, 1.82) is 0 Å². The Morgan fingerprint density at radius 2 is 0.754 bits per heavy atom. The van der Waals surface area contributed by atoms with E-state index in [2.05, 4.69) is 60.3 Å². The van der Waals surface area contributed by atoms with Gasteiger partial charge in [0.2, 0.25) is 0 Å². The van der Waals surface area contributed by atoms with E-state index in [1.54, 1.807) is 18.1 Å². The summed E-state index contributed by atoms with van der Waals surface area (Å²) in [5.41, 5.74) is 8.14. The smallest absolute Gasteiger partial charge is 0.457 e. The molecule has 8 aromatic heterocycles. The summed E-state index contributed by atoms with van der Waals surface area (Å²) in [5.74, 6) is 2.68. The predicted octanol–water partition coefficient (Wildman–Crippen LogP) is -13.8. The van der Waals surface area contributed by atoms with Crippen molar-refractivity contribution in [2.45, 2.75) is 55.4 Å². The number of nitrogens with zero attached hydrogens (tertiary/aromatic N) is 16. The normalized spacial score (nSPS) is 9.70. The molecule has 0 saturated carbocycles. The number of halogens is 2. The van der Waals surface area contributed by atoms with Crippen molar-refractivity contribution >= 4 is 23.1 Å². The van der Waals surface area contributed by atoms with E-state index in [4.69, 9.17) is 37.3 Å². The van der Waals surface area contributed by atoms with Gasteiger partial charge in [0.15, 0.2) is 0 Å². The Morgan fingerprint density at radius 3 is 1.05 bits per heavy atom. The number of aromatic nitrogens is 16. The first-order chi connectivity index (χ1) is 25.1. The molecule has 33 heteroatoms. The number of fused-ring (bicyclic) bond motifs is 4. The standard InChI is InChI=1S/4C7H8N4.2ClHO4.Co.6H2O/c4*1-5-3-6(2)11-7(10-5)8-4-9-11;2*2-1(3,4)5;;;;;;;/h4*3-4H,1-2H3;2*(H,2,3,4,5);;6*1H2/q;;;;;;+2;;;;;;/p+2. The van der Waals surface area contributed by atoms with Crippen LogP contribution in [0.1, 0.15) is 45.6 Å². The zero-order chi connectivity index (χ0) is 40.4. The predicted molar refractivity (Wildman–Crippen MR) is 183 cm³/mol. The third-order valence-electron chi connectivity index (χ3n) is 6.23. The molecule has 30 nitrogen and oxygen atoms in total. The summed E-state index contributed by atoms with van der Waals surface area (Å²) in [6, 6.07) is 7.90. The topological polar surface area (TPSA) is 554 Å². The van der Waals surface area contributed by atoms with Crippen molar-refractivity contribution in [2.24, 2.45) is 0 Å². The Bertz CT molecular complexity index is 2110. The van der Waals surface area contributed by atoms with Crippen LogP contribution in [0, 0.1) is 75.9 Å². The Kier molecular flexibility index (Phi) is 30.1. The molecule has 0 aromatic carbocycles. The zero-order valence-electron chi connectivity index (χ0n) is 33.4. The summed E-state index contributed by atoms with van der Waals surface area (Å²) in [5, 5.41) is 16.0. The third kappa shape index (κ3) is 22.2. The fourth-order valence-corrected chi connectivity index (χ4v) is 4.46. The number of hydrogen-bond acceptors (Lipinski definition) is 18. The van der Waals surface area contributed by atoms with Gasteiger partial charge in [0.1, 0.15) is 24.0 Å². The van der Waals surface area contributed by atoms with E-state index < -0.39 is 20.5 Å². The minimum Gasteiger partial charge on any atom is -0.457 e. The fourth-order valence-electron chi connectivity index (χ4n) is 4.46. The van der Waals surface area contributed by atoms with Crippen molar-refractivity contribution < 1.29 is 116 Å². The molecule has 343 valence electrons. The average molecular weight is 963 g/mol. The first-order valence-electron chi connectivity index (χ1n) is 14.9. The molecule has 8 aromatic rings. The molecule has 0 saturated heterocycles. The van der Waals surface area contributed by atoms with Crippen LogP contribution >= 0.6 is 0 Å². The molecule has 0 amide bonds. The maximum atomic E-state index is 8.49. The Morgan fingerprint density at radius 1 is 0.475 bits per heavy atom. The van der Waals surface area contributed by atoms with Gasteiger partial charge < -0.3 is 53.0 Å². The van der Waals surface area contributed by atoms with Gasteiger partial charge in [-0.1, -0.05) is 12.7 Å². The molecule has 0 aliphatic rings. The Labute approximate surface area is 358 Å².